The minimum absolute atomic E-state index is 0.131. The van der Waals surface area contributed by atoms with E-state index in [0.717, 1.165) is 34.4 Å². The van der Waals surface area contributed by atoms with Gasteiger partial charge in [0.2, 0.25) is 0 Å². The van der Waals surface area contributed by atoms with E-state index >= 15 is 0 Å². The molecule has 1 aromatic carbocycles. The summed E-state index contributed by atoms with van der Waals surface area (Å²) < 4.78 is 38.1. The number of hydrogen-bond donors (Lipinski definition) is 1. The van der Waals surface area contributed by atoms with E-state index in [0.29, 0.717) is 19.0 Å². The summed E-state index contributed by atoms with van der Waals surface area (Å²) >= 11 is 0. The Morgan fingerprint density at radius 1 is 1.05 bits per heavy atom. The topological polar surface area (TPSA) is 96.4 Å². The summed E-state index contributed by atoms with van der Waals surface area (Å²) in [6.07, 6.45) is -2.77. The number of nitrogens with zero attached hydrogens (tertiary/aromatic N) is 2. The van der Waals surface area contributed by atoms with Crippen molar-refractivity contribution in [2.75, 3.05) is 13.1 Å². The van der Waals surface area contributed by atoms with Crippen molar-refractivity contribution in [1.82, 2.24) is 15.2 Å². The fourth-order valence-corrected chi connectivity index (χ4v) is 5.63. The van der Waals surface area contributed by atoms with Gasteiger partial charge < -0.3 is 4.90 Å². The number of aryl methyl sites for hydroxylation is 2. The Balaban J connectivity index is 1.38. The molecule has 2 fully saturated rings. The van der Waals surface area contributed by atoms with E-state index in [1.165, 1.54) is 4.90 Å². The molecule has 0 radical (unpaired) electrons. The molecule has 1 saturated heterocycles. The molecule has 2 heterocycles. The molecule has 0 unspecified atom stereocenters. The van der Waals surface area contributed by atoms with Crippen LogP contribution in [-0.2, 0) is 15.8 Å². The van der Waals surface area contributed by atoms with Gasteiger partial charge in [0.1, 0.15) is 23.2 Å². The predicted molar refractivity (Wildman–Crippen MR) is 136 cm³/mol. The zero-order chi connectivity index (χ0) is 28.5. The smallest absolute Gasteiger partial charge is 0.324 e. The second-order valence-corrected chi connectivity index (χ2v) is 10.3. The van der Waals surface area contributed by atoms with Gasteiger partial charge in [0.05, 0.1) is 5.56 Å². The van der Waals surface area contributed by atoms with E-state index in [1.54, 1.807) is 6.92 Å². The zero-order valence-corrected chi connectivity index (χ0v) is 21.9. The number of alkyl halides is 3. The fourth-order valence-electron chi connectivity index (χ4n) is 5.63. The first-order valence-corrected chi connectivity index (χ1v) is 12.6. The van der Waals surface area contributed by atoms with Crippen LogP contribution >= 0.6 is 0 Å². The van der Waals surface area contributed by atoms with Crippen LogP contribution in [0.1, 0.15) is 76.8 Å². The lowest BCUT2D eigenvalue weighted by Crippen LogP contribution is -2.51. The van der Waals surface area contributed by atoms with Crippen molar-refractivity contribution >= 4 is 23.5 Å². The Morgan fingerprint density at radius 3 is 2.13 bits per heavy atom. The molecule has 2 aliphatic rings. The van der Waals surface area contributed by atoms with Crippen molar-refractivity contribution in [2.24, 2.45) is 5.41 Å². The zero-order valence-electron chi connectivity index (χ0n) is 21.9. The van der Waals surface area contributed by atoms with E-state index in [9.17, 15) is 32.3 Å². The van der Waals surface area contributed by atoms with Gasteiger partial charge >= 0.3 is 12.2 Å². The first kappa shape index (κ1) is 28.0. The second kappa shape index (κ2) is 10.6. The maximum absolute atomic E-state index is 13.3. The predicted octanol–water partition coefficient (Wildman–Crippen LogP) is 4.74. The molecule has 204 valence electrons. The van der Waals surface area contributed by atoms with Gasteiger partial charge in [0.15, 0.2) is 0 Å². The van der Waals surface area contributed by atoms with Gasteiger partial charge in [0.25, 0.3) is 5.91 Å². The number of rotatable bonds is 2. The summed E-state index contributed by atoms with van der Waals surface area (Å²) in [6.45, 7) is 5.97. The number of imide groups is 1. The lowest BCUT2D eigenvalue weighted by atomic mass is 9.62. The number of carbonyl (C=O) groups excluding carboxylic acids is 4. The molecular formula is C29H28F3N3O4. The van der Waals surface area contributed by atoms with Crippen molar-refractivity contribution in [3.8, 4) is 11.8 Å². The monoisotopic (exact) mass is 539 g/mol. The van der Waals surface area contributed by atoms with Crippen LogP contribution in [0.3, 0.4) is 0 Å². The summed E-state index contributed by atoms with van der Waals surface area (Å²) in [5.74, 6) is 3.87. The molecule has 1 saturated carbocycles. The third kappa shape index (κ3) is 5.87. The summed E-state index contributed by atoms with van der Waals surface area (Å²) in [5, 5.41) is 2.15. The molecule has 4 rings (SSSR count). The van der Waals surface area contributed by atoms with Crippen molar-refractivity contribution in [1.29, 1.82) is 0 Å². The average molecular weight is 540 g/mol. The maximum atomic E-state index is 13.3. The number of amides is 3. The highest BCUT2D eigenvalue weighted by Gasteiger charge is 2.48. The van der Waals surface area contributed by atoms with E-state index in [1.807, 2.05) is 26.0 Å². The lowest BCUT2D eigenvalue weighted by Gasteiger charge is -2.44. The molecular weight excluding hydrogens is 511 g/mol. The van der Waals surface area contributed by atoms with Crippen LogP contribution in [0.2, 0.25) is 0 Å². The maximum Gasteiger partial charge on any atom is 0.417 e. The summed E-state index contributed by atoms with van der Waals surface area (Å²) in [7, 11) is 0. The molecule has 3 amide bonds. The van der Waals surface area contributed by atoms with Crippen LogP contribution < -0.4 is 5.32 Å². The van der Waals surface area contributed by atoms with Gasteiger partial charge in [0, 0.05) is 37.7 Å². The molecule has 0 bridgehead atoms. The van der Waals surface area contributed by atoms with E-state index in [4.69, 9.17) is 0 Å². The van der Waals surface area contributed by atoms with Gasteiger partial charge in [-0.3, -0.25) is 24.7 Å². The van der Waals surface area contributed by atoms with Crippen molar-refractivity contribution in [2.45, 2.75) is 58.5 Å². The molecule has 1 N–H and O–H groups in total. The third-order valence-electron chi connectivity index (χ3n) is 7.55. The normalized spacial score (nSPS) is 17.5. The second-order valence-electron chi connectivity index (χ2n) is 10.3. The minimum Gasteiger partial charge on any atom is -0.324 e. The van der Waals surface area contributed by atoms with E-state index in [-0.39, 0.29) is 43.2 Å². The molecule has 1 aliphatic carbocycles. The number of ketones is 2. The number of urea groups is 1. The van der Waals surface area contributed by atoms with Crippen LogP contribution in [0.25, 0.3) is 0 Å². The number of aromatic nitrogens is 1. The largest absolute Gasteiger partial charge is 0.417 e. The highest BCUT2D eigenvalue weighted by molar-refractivity contribution is 6.10. The highest BCUT2D eigenvalue weighted by Crippen LogP contribution is 2.46. The Labute approximate surface area is 224 Å². The fraction of sp³-hybridized carbons (Fsp3) is 0.414. The molecule has 1 aromatic heterocycles. The van der Waals surface area contributed by atoms with Gasteiger partial charge in [-0.1, -0.05) is 5.92 Å². The van der Waals surface area contributed by atoms with E-state index < -0.39 is 35.0 Å². The molecule has 39 heavy (non-hydrogen) atoms. The summed E-state index contributed by atoms with van der Waals surface area (Å²) in [4.78, 5) is 56.5. The molecule has 2 aromatic rings. The number of halogens is 3. The number of benzene rings is 1. The Kier molecular flexibility index (Phi) is 7.64. The van der Waals surface area contributed by atoms with Crippen LogP contribution in [0.15, 0.2) is 30.5 Å². The number of likely N-dealkylation sites (tertiary alicyclic amines) is 1. The molecule has 7 nitrogen and oxygen atoms in total. The number of hydrogen-bond acceptors (Lipinski definition) is 5. The Bertz CT molecular complexity index is 1350. The first-order valence-electron chi connectivity index (χ1n) is 12.6. The van der Waals surface area contributed by atoms with Gasteiger partial charge in [-0.15, -0.1) is 5.92 Å². The quantitative estimate of drug-likeness (QED) is 0.440. The van der Waals surface area contributed by atoms with Crippen LogP contribution in [0, 0.1) is 31.1 Å². The van der Waals surface area contributed by atoms with Crippen molar-refractivity contribution in [3.05, 3.63) is 64.0 Å². The molecule has 10 heteroatoms. The number of pyridine rings is 1. The molecule has 0 atom stereocenters. The van der Waals surface area contributed by atoms with Gasteiger partial charge in [-0.05, 0) is 80.0 Å². The van der Waals surface area contributed by atoms with E-state index in [2.05, 4.69) is 22.1 Å². The van der Waals surface area contributed by atoms with Crippen LogP contribution in [0.4, 0.5) is 18.0 Å². The van der Waals surface area contributed by atoms with Crippen molar-refractivity contribution < 1.29 is 32.3 Å². The third-order valence-corrected chi connectivity index (χ3v) is 7.55. The lowest BCUT2D eigenvalue weighted by molar-refractivity contribution is -0.139. The molecule has 1 aliphatic heterocycles. The number of piperidine rings is 1. The van der Waals surface area contributed by atoms with Gasteiger partial charge in [-0.25, -0.2) is 4.79 Å². The Morgan fingerprint density at radius 2 is 1.64 bits per heavy atom. The molecule has 1 spiro atoms. The van der Waals surface area contributed by atoms with Crippen LogP contribution in [-0.4, -0.2) is 46.5 Å². The number of nitrogens with one attached hydrogen (secondary N) is 1. The highest BCUT2D eigenvalue weighted by atomic mass is 19.4. The first-order chi connectivity index (χ1) is 18.3. The van der Waals surface area contributed by atoms with Crippen molar-refractivity contribution in [3.63, 3.8) is 0 Å². The summed E-state index contributed by atoms with van der Waals surface area (Å²) in [5.41, 5.74) is 1.42. The number of Topliss-reactive ketones (excluding diaryl/α,β-unsaturated/α-hetero) is 2. The Hall–Kier alpha value is -4.00. The minimum atomic E-state index is -4.59. The van der Waals surface area contributed by atoms with Gasteiger partial charge in [-0.2, -0.15) is 13.2 Å². The SMILES string of the molecule is CC#Cc1cc(C)c(C2C(=O)CC3(CCN(C(=O)NC(=O)c4ccc(C(F)(F)F)cn4)CC3)CC2=O)c(C)c1. The standard InChI is InChI=1S/C29H28F3N3O4/c1-4-5-19-12-17(2)24(18(3)13-19)25-22(36)14-28(15-23(25)37)8-10-35(11-9-28)27(39)34-26(38)21-7-6-20(16-33-21)29(30,31)32/h6-7,12-13,16,25H,8-11,14-15H2,1-3H3,(H,34,38,39). The summed E-state index contributed by atoms with van der Waals surface area (Å²) in [6, 6.07) is 4.70. The number of carbonyl (C=O) groups is 4. The average Bonchev–Trinajstić information content (AvgIpc) is 2.85. The van der Waals surface area contributed by atoms with Crippen LogP contribution in [0.5, 0.6) is 0 Å².